The lowest BCUT2D eigenvalue weighted by molar-refractivity contribution is -0.115. The van der Waals surface area contributed by atoms with Crippen molar-refractivity contribution >= 4 is 11.6 Å². The third-order valence-electron chi connectivity index (χ3n) is 3.42. The Kier molecular flexibility index (Phi) is 4.39. The maximum Gasteiger partial charge on any atom is 0.238 e. The highest BCUT2D eigenvalue weighted by molar-refractivity contribution is 5.92. The van der Waals surface area contributed by atoms with E-state index in [0.29, 0.717) is 6.54 Å². The molecule has 5 nitrogen and oxygen atoms in total. The van der Waals surface area contributed by atoms with Crippen molar-refractivity contribution in [3.63, 3.8) is 0 Å². The zero-order valence-corrected chi connectivity index (χ0v) is 11.5. The van der Waals surface area contributed by atoms with E-state index in [1.807, 2.05) is 24.3 Å². The number of methoxy groups -OCH3 is 1. The van der Waals surface area contributed by atoms with E-state index in [1.165, 1.54) is 0 Å². The number of benzene rings is 1. The fourth-order valence-corrected chi connectivity index (χ4v) is 2.14. The number of hydrogen-bond acceptors (Lipinski definition) is 4. The Morgan fingerprint density at radius 3 is 2.74 bits per heavy atom. The molecule has 0 radical (unpaired) electrons. The minimum absolute atomic E-state index is 0.0250. The molecule has 1 heterocycles. The molecule has 1 aromatic carbocycles. The SMILES string of the molecule is COc1ccc(NC(=O)CNC2(C)CCNC2)cc1. The zero-order chi connectivity index (χ0) is 13.7. The standard InChI is InChI=1S/C14H21N3O2/c1-14(7-8-15-10-14)16-9-13(18)17-11-3-5-12(19-2)6-4-11/h3-6,15-16H,7-10H2,1-2H3,(H,17,18). The lowest BCUT2D eigenvalue weighted by Gasteiger charge is -2.24. The molecule has 1 aliphatic rings. The molecule has 1 aromatic rings. The highest BCUT2D eigenvalue weighted by Crippen LogP contribution is 2.15. The van der Waals surface area contributed by atoms with Crippen LogP contribution in [0.4, 0.5) is 5.69 Å². The van der Waals surface area contributed by atoms with Crippen molar-refractivity contribution in [2.75, 3.05) is 32.1 Å². The summed E-state index contributed by atoms with van der Waals surface area (Å²) in [6.45, 7) is 4.37. The summed E-state index contributed by atoms with van der Waals surface area (Å²) in [4.78, 5) is 11.8. The molecule has 1 aliphatic heterocycles. The maximum atomic E-state index is 11.8. The summed E-state index contributed by atoms with van der Waals surface area (Å²) < 4.78 is 5.07. The molecule has 0 spiro atoms. The number of amides is 1. The summed E-state index contributed by atoms with van der Waals surface area (Å²) in [5.74, 6) is 0.749. The molecule has 0 aliphatic carbocycles. The number of ether oxygens (including phenoxy) is 1. The average molecular weight is 263 g/mol. The Labute approximate surface area is 113 Å². The van der Waals surface area contributed by atoms with Crippen molar-refractivity contribution in [2.45, 2.75) is 18.9 Å². The summed E-state index contributed by atoms with van der Waals surface area (Å²) in [5, 5.41) is 9.45. The van der Waals surface area contributed by atoms with Crippen LogP contribution in [0.25, 0.3) is 0 Å². The maximum absolute atomic E-state index is 11.8. The smallest absolute Gasteiger partial charge is 0.238 e. The third kappa shape index (κ3) is 3.94. The Morgan fingerprint density at radius 1 is 1.42 bits per heavy atom. The van der Waals surface area contributed by atoms with Gasteiger partial charge in [0, 0.05) is 17.8 Å². The normalized spacial score (nSPS) is 22.2. The molecule has 1 atom stereocenters. The lowest BCUT2D eigenvalue weighted by Crippen LogP contribution is -2.47. The monoisotopic (exact) mass is 263 g/mol. The van der Waals surface area contributed by atoms with E-state index in [2.05, 4.69) is 22.9 Å². The van der Waals surface area contributed by atoms with Crippen LogP contribution >= 0.6 is 0 Å². The molecule has 1 fully saturated rings. The number of anilines is 1. The van der Waals surface area contributed by atoms with Gasteiger partial charge in [-0.15, -0.1) is 0 Å². The van der Waals surface area contributed by atoms with E-state index >= 15 is 0 Å². The van der Waals surface area contributed by atoms with E-state index in [0.717, 1.165) is 30.9 Å². The minimum Gasteiger partial charge on any atom is -0.497 e. The van der Waals surface area contributed by atoms with E-state index in [4.69, 9.17) is 4.74 Å². The highest BCUT2D eigenvalue weighted by atomic mass is 16.5. The zero-order valence-electron chi connectivity index (χ0n) is 11.5. The van der Waals surface area contributed by atoms with Crippen LogP contribution < -0.4 is 20.7 Å². The molecule has 0 bridgehead atoms. The van der Waals surface area contributed by atoms with E-state index < -0.39 is 0 Å². The molecule has 1 unspecified atom stereocenters. The van der Waals surface area contributed by atoms with Gasteiger partial charge >= 0.3 is 0 Å². The first-order valence-corrected chi connectivity index (χ1v) is 6.51. The number of carbonyl (C=O) groups is 1. The topological polar surface area (TPSA) is 62.4 Å². The van der Waals surface area contributed by atoms with Gasteiger partial charge in [0.15, 0.2) is 0 Å². The second kappa shape index (κ2) is 6.04. The van der Waals surface area contributed by atoms with Gasteiger partial charge in [-0.05, 0) is 44.2 Å². The first-order chi connectivity index (χ1) is 9.11. The van der Waals surface area contributed by atoms with Crippen LogP contribution in [0.15, 0.2) is 24.3 Å². The number of rotatable bonds is 5. The molecule has 1 amide bonds. The van der Waals surface area contributed by atoms with Gasteiger partial charge in [0.2, 0.25) is 5.91 Å². The van der Waals surface area contributed by atoms with Crippen LogP contribution in [0.2, 0.25) is 0 Å². The van der Waals surface area contributed by atoms with Crippen molar-refractivity contribution in [2.24, 2.45) is 0 Å². The van der Waals surface area contributed by atoms with E-state index in [-0.39, 0.29) is 11.4 Å². The van der Waals surface area contributed by atoms with Crippen molar-refractivity contribution in [1.82, 2.24) is 10.6 Å². The largest absolute Gasteiger partial charge is 0.497 e. The molecule has 5 heteroatoms. The fraction of sp³-hybridized carbons (Fsp3) is 0.500. The van der Waals surface area contributed by atoms with Gasteiger partial charge in [0.05, 0.1) is 13.7 Å². The first kappa shape index (κ1) is 13.8. The molecule has 3 N–H and O–H groups in total. The van der Waals surface area contributed by atoms with Crippen LogP contribution in [0.5, 0.6) is 5.75 Å². The Morgan fingerprint density at radius 2 is 2.16 bits per heavy atom. The molecule has 19 heavy (non-hydrogen) atoms. The van der Waals surface area contributed by atoms with Gasteiger partial charge in [-0.2, -0.15) is 0 Å². The molecule has 1 saturated heterocycles. The molecule has 0 aromatic heterocycles. The summed E-state index contributed by atoms with van der Waals surface area (Å²) in [6.07, 6.45) is 1.04. The van der Waals surface area contributed by atoms with Crippen molar-refractivity contribution < 1.29 is 9.53 Å². The van der Waals surface area contributed by atoms with E-state index in [9.17, 15) is 4.79 Å². The minimum atomic E-state index is -0.0294. The molecule has 104 valence electrons. The van der Waals surface area contributed by atoms with Crippen molar-refractivity contribution in [3.05, 3.63) is 24.3 Å². The van der Waals surface area contributed by atoms with Gasteiger partial charge in [-0.3, -0.25) is 4.79 Å². The van der Waals surface area contributed by atoms with Crippen LogP contribution in [0.3, 0.4) is 0 Å². The number of nitrogens with one attached hydrogen (secondary N) is 3. The van der Waals surface area contributed by atoms with Gasteiger partial charge in [-0.1, -0.05) is 0 Å². The average Bonchev–Trinajstić information content (AvgIpc) is 2.85. The summed E-state index contributed by atoms with van der Waals surface area (Å²) in [6, 6.07) is 7.31. The first-order valence-electron chi connectivity index (χ1n) is 6.51. The van der Waals surface area contributed by atoms with Crippen LogP contribution in [-0.2, 0) is 4.79 Å². The predicted molar refractivity (Wildman–Crippen MR) is 75.5 cm³/mol. The highest BCUT2D eigenvalue weighted by Gasteiger charge is 2.28. The third-order valence-corrected chi connectivity index (χ3v) is 3.42. The van der Waals surface area contributed by atoms with Gasteiger partial charge < -0.3 is 20.7 Å². The van der Waals surface area contributed by atoms with Crippen molar-refractivity contribution in [3.8, 4) is 5.75 Å². The Balaban J connectivity index is 1.80. The van der Waals surface area contributed by atoms with Crippen LogP contribution in [0.1, 0.15) is 13.3 Å². The molecule has 0 saturated carbocycles. The van der Waals surface area contributed by atoms with Crippen LogP contribution in [-0.4, -0.2) is 38.2 Å². The summed E-state index contributed by atoms with van der Waals surface area (Å²) in [7, 11) is 1.62. The Bertz CT molecular complexity index is 425. The molecule has 2 rings (SSSR count). The summed E-state index contributed by atoms with van der Waals surface area (Å²) >= 11 is 0. The molecular formula is C14H21N3O2. The van der Waals surface area contributed by atoms with Crippen LogP contribution in [0, 0.1) is 0 Å². The molecular weight excluding hydrogens is 242 g/mol. The number of hydrogen-bond donors (Lipinski definition) is 3. The summed E-state index contributed by atoms with van der Waals surface area (Å²) in [5.41, 5.74) is 0.805. The predicted octanol–water partition coefficient (Wildman–Crippen LogP) is 0.975. The second-order valence-corrected chi connectivity index (χ2v) is 5.12. The van der Waals surface area contributed by atoms with Crippen molar-refractivity contribution in [1.29, 1.82) is 0 Å². The van der Waals surface area contributed by atoms with Gasteiger partial charge in [0.25, 0.3) is 0 Å². The van der Waals surface area contributed by atoms with Gasteiger partial charge in [-0.25, -0.2) is 0 Å². The Hall–Kier alpha value is -1.59. The fourth-order valence-electron chi connectivity index (χ4n) is 2.14. The number of carbonyl (C=O) groups excluding carboxylic acids is 1. The second-order valence-electron chi connectivity index (χ2n) is 5.12. The lowest BCUT2D eigenvalue weighted by atomic mass is 10.0. The quantitative estimate of drug-likeness (QED) is 0.741. The van der Waals surface area contributed by atoms with Gasteiger partial charge in [0.1, 0.15) is 5.75 Å². The van der Waals surface area contributed by atoms with E-state index in [1.54, 1.807) is 7.11 Å².